The van der Waals surface area contributed by atoms with Gasteiger partial charge in [0.15, 0.2) is 0 Å². The summed E-state index contributed by atoms with van der Waals surface area (Å²) in [5, 5.41) is 0. The highest BCUT2D eigenvalue weighted by Gasteiger charge is 2.51. The van der Waals surface area contributed by atoms with Gasteiger partial charge in [-0.3, -0.25) is 9.69 Å². The number of hydrogen-bond acceptors (Lipinski definition) is 7. The van der Waals surface area contributed by atoms with Gasteiger partial charge in [0.05, 0.1) is 35.0 Å². The van der Waals surface area contributed by atoms with Crippen LogP contribution in [-0.4, -0.2) is 54.1 Å². The summed E-state index contributed by atoms with van der Waals surface area (Å²) < 4.78 is 11.2. The topological polar surface area (TPSA) is 139 Å². The Morgan fingerprint density at radius 3 is 2.12 bits per heavy atom. The standard InChI is InChI=1S/C42H50N6O4/c1-41(2,3)51-36(49)9-7-8-32(43)38-45-33-21-19-29(23-34(33)46-38)27-12-10-25(11-13-27)26-14-16-28(17-15-26)35-24-44-39(47-35)37-30-18-20-31(22-30)48(37)40(50)52-42(4,5)6/h10-17,19,21,23-24,30-32,37H,7-9,18,20,22,43H2,1-6H3,(H,44,47)(H,45,46)/t30-,31+,32-,37+/m0/s1. The first kappa shape index (κ1) is 35.4. The largest absolute Gasteiger partial charge is 0.460 e. The highest BCUT2D eigenvalue weighted by atomic mass is 16.6. The van der Waals surface area contributed by atoms with Crippen molar-refractivity contribution in [2.45, 2.75) is 109 Å². The molecule has 1 amide bonds. The number of nitrogens with two attached hydrogens (primary N) is 1. The summed E-state index contributed by atoms with van der Waals surface area (Å²) in [6.45, 7) is 11.3. The van der Waals surface area contributed by atoms with Crippen LogP contribution in [0, 0.1) is 5.92 Å². The zero-order valence-corrected chi connectivity index (χ0v) is 31.0. The smallest absolute Gasteiger partial charge is 0.411 e. The third kappa shape index (κ3) is 7.77. The Morgan fingerprint density at radius 1 is 0.846 bits per heavy atom. The fourth-order valence-electron chi connectivity index (χ4n) is 7.63. The molecule has 1 aliphatic carbocycles. The molecule has 272 valence electrons. The molecule has 0 spiro atoms. The number of imidazole rings is 2. The van der Waals surface area contributed by atoms with Crippen LogP contribution in [-0.2, 0) is 14.3 Å². The molecule has 1 saturated carbocycles. The molecule has 7 rings (SSSR count). The summed E-state index contributed by atoms with van der Waals surface area (Å²) in [7, 11) is 0. The van der Waals surface area contributed by atoms with Gasteiger partial charge in [-0.05, 0) is 120 Å². The summed E-state index contributed by atoms with van der Waals surface area (Å²) in [5.74, 6) is 1.73. The van der Waals surface area contributed by atoms with E-state index in [9.17, 15) is 9.59 Å². The zero-order chi connectivity index (χ0) is 36.8. The maximum Gasteiger partial charge on any atom is 0.411 e. The Hall–Kier alpha value is -4.96. The molecule has 10 heteroatoms. The number of carbonyl (C=O) groups is 2. The molecule has 5 aromatic rings. The summed E-state index contributed by atoms with van der Waals surface area (Å²) in [6, 6.07) is 23.1. The molecule has 2 fully saturated rings. The maximum absolute atomic E-state index is 13.2. The third-order valence-corrected chi connectivity index (χ3v) is 9.98. The number of nitrogens with one attached hydrogen (secondary N) is 2. The molecule has 1 saturated heterocycles. The number of amides is 1. The molecule has 1 aliphatic heterocycles. The lowest BCUT2D eigenvalue weighted by molar-refractivity contribution is -0.154. The first-order valence-corrected chi connectivity index (χ1v) is 18.5. The van der Waals surface area contributed by atoms with Crippen LogP contribution in [0.15, 0.2) is 72.9 Å². The average molecular weight is 703 g/mol. The Balaban J connectivity index is 0.992. The van der Waals surface area contributed by atoms with Gasteiger partial charge in [-0.1, -0.05) is 54.6 Å². The van der Waals surface area contributed by atoms with Crippen molar-refractivity contribution in [3.63, 3.8) is 0 Å². The first-order chi connectivity index (χ1) is 24.7. The summed E-state index contributed by atoms with van der Waals surface area (Å²) >= 11 is 0. The number of ether oxygens (including phenoxy) is 2. The second kappa shape index (κ2) is 13.9. The van der Waals surface area contributed by atoms with Crippen LogP contribution >= 0.6 is 0 Å². The molecule has 52 heavy (non-hydrogen) atoms. The third-order valence-electron chi connectivity index (χ3n) is 9.98. The lowest BCUT2D eigenvalue weighted by Crippen LogP contribution is -2.43. The van der Waals surface area contributed by atoms with E-state index >= 15 is 0 Å². The van der Waals surface area contributed by atoms with Crippen molar-refractivity contribution in [1.29, 1.82) is 0 Å². The van der Waals surface area contributed by atoms with E-state index in [1.807, 2.05) is 58.7 Å². The maximum atomic E-state index is 13.2. The number of piperidine rings is 1. The van der Waals surface area contributed by atoms with Crippen molar-refractivity contribution < 1.29 is 19.1 Å². The fraction of sp³-hybridized carbons (Fsp3) is 0.429. The molecule has 3 heterocycles. The molecule has 2 bridgehead atoms. The first-order valence-electron chi connectivity index (χ1n) is 18.5. The van der Waals surface area contributed by atoms with E-state index in [4.69, 9.17) is 25.2 Å². The van der Waals surface area contributed by atoms with Crippen molar-refractivity contribution in [2.75, 3.05) is 0 Å². The number of likely N-dealkylation sites (tertiary alicyclic amines) is 1. The number of H-pyrrole nitrogens is 2. The Morgan fingerprint density at radius 2 is 1.46 bits per heavy atom. The van der Waals surface area contributed by atoms with Crippen molar-refractivity contribution in [3.05, 3.63) is 84.6 Å². The van der Waals surface area contributed by atoms with Gasteiger partial charge in [-0.2, -0.15) is 0 Å². The SMILES string of the molecule is CC(C)(C)OC(=O)CCC[C@H](N)c1nc2ccc(-c3ccc(-c4ccc(-c5cnc([C@H]6[C@H]7CC[C@H](C7)N6C(=O)OC(C)(C)C)[nH]5)cc4)cc3)cc2[nH]1. The highest BCUT2D eigenvalue weighted by molar-refractivity contribution is 5.83. The van der Waals surface area contributed by atoms with Gasteiger partial charge in [0, 0.05) is 12.5 Å². The number of nitrogens with zero attached hydrogens (tertiary/aromatic N) is 3. The lowest BCUT2D eigenvalue weighted by atomic mass is 9.98. The minimum atomic E-state index is -0.540. The normalized spacial score (nSPS) is 19.3. The average Bonchev–Trinajstić information content (AvgIpc) is 3.90. The molecule has 3 aromatic carbocycles. The zero-order valence-electron chi connectivity index (χ0n) is 31.0. The van der Waals surface area contributed by atoms with Gasteiger partial charge in [-0.25, -0.2) is 14.8 Å². The van der Waals surface area contributed by atoms with Gasteiger partial charge in [0.25, 0.3) is 0 Å². The van der Waals surface area contributed by atoms with Crippen molar-refractivity contribution >= 4 is 23.1 Å². The van der Waals surface area contributed by atoms with Gasteiger partial charge < -0.3 is 25.2 Å². The summed E-state index contributed by atoms with van der Waals surface area (Å²) in [5.41, 5.74) is 13.6. The van der Waals surface area contributed by atoms with Crippen LogP contribution in [0.25, 0.3) is 44.5 Å². The van der Waals surface area contributed by atoms with Crippen molar-refractivity contribution in [3.8, 4) is 33.5 Å². The minimum absolute atomic E-state index is 0.0870. The molecule has 0 radical (unpaired) electrons. The van der Waals surface area contributed by atoms with E-state index in [0.29, 0.717) is 25.2 Å². The van der Waals surface area contributed by atoms with Crippen LogP contribution in [0.5, 0.6) is 0 Å². The van der Waals surface area contributed by atoms with Gasteiger partial charge in [0.2, 0.25) is 0 Å². The quantitative estimate of drug-likeness (QED) is 0.130. The molecular formula is C42H50N6O4. The number of benzene rings is 3. The van der Waals surface area contributed by atoms with E-state index in [0.717, 1.165) is 75.5 Å². The molecule has 2 aromatic heterocycles. The second-order valence-corrected chi connectivity index (χ2v) is 16.3. The molecule has 0 unspecified atom stereocenters. The van der Waals surface area contributed by atoms with E-state index in [1.165, 1.54) is 0 Å². The van der Waals surface area contributed by atoms with E-state index in [2.05, 4.69) is 70.6 Å². The highest BCUT2D eigenvalue weighted by Crippen LogP contribution is 2.50. The van der Waals surface area contributed by atoms with Crippen LogP contribution < -0.4 is 5.73 Å². The van der Waals surface area contributed by atoms with E-state index < -0.39 is 11.2 Å². The molecule has 4 atom stereocenters. The van der Waals surface area contributed by atoms with Crippen LogP contribution in [0.3, 0.4) is 0 Å². The second-order valence-electron chi connectivity index (χ2n) is 16.3. The molecule has 2 aliphatic rings. The number of carbonyl (C=O) groups excluding carboxylic acids is 2. The number of fused-ring (bicyclic) bond motifs is 3. The number of aromatic amines is 2. The predicted molar refractivity (Wildman–Crippen MR) is 203 cm³/mol. The molecule has 10 nitrogen and oxygen atoms in total. The predicted octanol–water partition coefficient (Wildman–Crippen LogP) is 9.26. The summed E-state index contributed by atoms with van der Waals surface area (Å²) in [4.78, 5) is 43.6. The van der Waals surface area contributed by atoms with Crippen LogP contribution in [0.1, 0.15) is 104 Å². The Bertz CT molecular complexity index is 2050. The lowest BCUT2D eigenvalue weighted by Gasteiger charge is -2.35. The number of rotatable bonds is 9. The van der Waals surface area contributed by atoms with Crippen molar-refractivity contribution in [1.82, 2.24) is 24.8 Å². The summed E-state index contributed by atoms with van der Waals surface area (Å²) in [6.07, 6.45) is 6.35. The van der Waals surface area contributed by atoms with Gasteiger partial charge in [-0.15, -0.1) is 0 Å². The Labute approximate surface area is 305 Å². The van der Waals surface area contributed by atoms with Gasteiger partial charge in [0.1, 0.15) is 22.9 Å². The number of esters is 1. The number of aromatic nitrogens is 4. The van der Waals surface area contributed by atoms with Gasteiger partial charge >= 0.3 is 12.1 Å². The monoisotopic (exact) mass is 702 g/mol. The van der Waals surface area contributed by atoms with E-state index in [-0.39, 0.29) is 30.2 Å². The van der Waals surface area contributed by atoms with Crippen molar-refractivity contribution in [2.24, 2.45) is 11.7 Å². The van der Waals surface area contributed by atoms with E-state index in [1.54, 1.807) is 0 Å². The number of hydrogen-bond donors (Lipinski definition) is 3. The fourth-order valence-corrected chi connectivity index (χ4v) is 7.63. The Kier molecular flexibility index (Phi) is 9.46. The molecule has 4 N–H and O–H groups in total. The molecular weight excluding hydrogens is 652 g/mol. The van der Waals surface area contributed by atoms with Crippen LogP contribution in [0.4, 0.5) is 4.79 Å². The minimum Gasteiger partial charge on any atom is -0.460 e. The van der Waals surface area contributed by atoms with Crippen LogP contribution in [0.2, 0.25) is 0 Å².